The van der Waals surface area contributed by atoms with Crippen molar-refractivity contribution in [1.29, 1.82) is 0 Å². The average molecular weight is 718 g/mol. The zero-order chi connectivity index (χ0) is 36.9. The zero-order valence-corrected chi connectivity index (χ0v) is 30.0. The number of rotatable bonds is 4. The van der Waals surface area contributed by atoms with Crippen molar-refractivity contribution in [3.63, 3.8) is 0 Å². The van der Waals surface area contributed by atoms with Gasteiger partial charge in [-0.1, -0.05) is 97.1 Å². The Bertz CT molecular complexity index is 3620. The van der Waals surface area contributed by atoms with Gasteiger partial charge in [-0.2, -0.15) is 0 Å². The summed E-state index contributed by atoms with van der Waals surface area (Å²) in [6.45, 7) is 0. The quantitative estimate of drug-likeness (QED) is 0.182. The van der Waals surface area contributed by atoms with Gasteiger partial charge in [-0.3, -0.25) is 13.8 Å². The van der Waals surface area contributed by atoms with Gasteiger partial charge in [0.1, 0.15) is 0 Å². The first-order valence-electron chi connectivity index (χ1n) is 18.9. The Labute approximate surface area is 320 Å². The molecule has 0 aliphatic carbocycles. The van der Waals surface area contributed by atoms with E-state index in [1.54, 1.807) is 4.57 Å². The van der Waals surface area contributed by atoms with E-state index in [2.05, 4.69) is 143 Å². The average Bonchev–Trinajstić information content (AvgIpc) is 3.92. The maximum absolute atomic E-state index is 14.4. The third kappa shape index (κ3) is 4.32. The molecule has 0 aliphatic rings. The SMILES string of the molecule is O=c1c2nc3ccccc3n2c2ccccc2n1-c1cccc(-n2c3ccccc3c3cc(-c4ccc5c(c4)c4ccccc4n5-c4ccccc4)ccc32)c1. The van der Waals surface area contributed by atoms with Crippen LogP contribution in [0.1, 0.15) is 0 Å². The lowest BCUT2D eigenvalue weighted by atomic mass is 10.0. The molecule has 12 rings (SSSR count). The molecule has 6 heteroatoms. The summed E-state index contributed by atoms with van der Waals surface area (Å²) in [6, 6.07) is 65.7. The molecule has 0 saturated carbocycles. The third-order valence-corrected chi connectivity index (χ3v) is 11.4. The normalized spacial score (nSPS) is 12.0. The fraction of sp³-hybridized carbons (Fsp3) is 0. The molecule has 0 radical (unpaired) electrons. The van der Waals surface area contributed by atoms with Gasteiger partial charge in [0.05, 0.1) is 49.8 Å². The van der Waals surface area contributed by atoms with Crippen LogP contribution in [0, 0.1) is 0 Å². The summed E-state index contributed by atoms with van der Waals surface area (Å²) in [5.74, 6) is 0. The van der Waals surface area contributed by atoms with Crippen molar-refractivity contribution in [1.82, 2.24) is 23.1 Å². The first-order valence-corrected chi connectivity index (χ1v) is 18.9. The third-order valence-electron chi connectivity index (χ3n) is 11.4. The number of hydrogen-bond donors (Lipinski definition) is 0. The van der Waals surface area contributed by atoms with E-state index < -0.39 is 0 Å². The Kier molecular flexibility index (Phi) is 6.39. The molecule has 4 heterocycles. The fourth-order valence-electron chi connectivity index (χ4n) is 8.93. The number of fused-ring (bicyclic) bond motifs is 11. The van der Waals surface area contributed by atoms with Gasteiger partial charge in [-0.25, -0.2) is 4.98 Å². The van der Waals surface area contributed by atoms with Gasteiger partial charge < -0.3 is 9.13 Å². The molecule has 0 fully saturated rings. The van der Waals surface area contributed by atoms with Crippen molar-refractivity contribution in [2.24, 2.45) is 0 Å². The molecule has 0 spiro atoms. The number of nitrogens with zero attached hydrogens (tertiary/aromatic N) is 5. The zero-order valence-electron chi connectivity index (χ0n) is 30.0. The van der Waals surface area contributed by atoms with Gasteiger partial charge in [0.15, 0.2) is 0 Å². The van der Waals surface area contributed by atoms with Crippen LogP contribution in [-0.4, -0.2) is 23.1 Å². The molecular weight excluding hydrogens is 687 g/mol. The molecule has 0 amide bonds. The van der Waals surface area contributed by atoms with Crippen LogP contribution in [0.25, 0.3) is 99.5 Å². The standard InChI is InChI=1S/C50H31N5O/c56-50-49-51-41-19-6-9-22-46(41)55(49)48-24-11-10-23-47(48)54(50)36-16-12-15-35(31-36)53-43-21-8-5-18-38(43)40-30-33(26-28-45(40)53)32-25-27-44-39(29-32)37-17-4-7-20-42(37)52(44)34-13-2-1-3-14-34/h1-31H. The van der Waals surface area contributed by atoms with E-state index in [1.165, 1.54) is 38.1 Å². The van der Waals surface area contributed by atoms with Crippen LogP contribution in [0.2, 0.25) is 0 Å². The lowest BCUT2D eigenvalue weighted by Gasteiger charge is -2.15. The van der Waals surface area contributed by atoms with E-state index in [-0.39, 0.29) is 5.56 Å². The molecule has 8 aromatic carbocycles. The fourth-order valence-corrected chi connectivity index (χ4v) is 8.93. The van der Waals surface area contributed by atoms with Crippen molar-refractivity contribution in [2.45, 2.75) is 0 Å². The van der Waals surface area contributed by atoms with Crippen molar-refractivity contribution < 1.29 is 0 Å². The van der Waals surface area contributed by atoms with Crippen LogP contribution in [0.4, 0.5) is 0 Å². The lowest BCUT2D eigenvalue weighted by Crippen LogP contribution is -2.22. The summed E-state index contributed by atoms with van der Waals surface area (Å²) in [5.41, 5.74) is 13.5. The van der Waals surface area contributed by atoms with E-state index >= 15 is 0 Å². The second-order valence-corrected chi connectivity index (χ2v) is 14.4. The second kappa shape index (κ2) is 11.6. The first-order chi connectivity index (χ1) is 27.7. The highest BCUT2D eigenvalue weighted by atomic mass is 16.1. The monoisotopic (exact) mass is 717 g/mol. The lowest BCUT2D eigenvalue weighted by molar-refractivity contribution is 1.01. The van der Waals surface area contributed by atoms with E-state index in [0.29, 0.717) is 5.65 Å². The maximum atomic E-state index is 14.4. The van der Waals surface area contributed by atoms with Crippen molar-refractivity contribution in [3.8, 4) is 28.2 Å². The van der Waals surface area contributed by atoms with Gasteiger partial charge in [-0.05, 0) is 102 Å². The highest BCUT2D eigenvalue weighted by Crippen LogP contribution is 2.38. The molecule has 262 valence electrons. The number of benzene rings is 8. The minimum atomic E-state index is -0.159. The molecular formula is C50H31N5O. The largest absolute Gasteiger partial charge is 0.309 e. The molecule has 12 aromatic rings. The summed E-state index contributed by atoms with van der Waals surface area (Å²) in [6.07, 6.45) is 0. The van der Waals surface area contributed by atoms with Crippen LogP contribution in [0.3, 0.4) is 0 Å². The van der Waals surface area contributed by atoms with Gasteiger partial charge in [0.2, 0.25) is 5.65 Å². The molecule has 0 atom stereocenters. The molecule has 0 saturated heterocycles. The molecule has 6 nitrogen and oxygen atoms in total. The Hall–Kier alpha value is -7.70. The Balaban J connectivity index is 1.04. The summed E-state index contributed by atoms with van der Waals surface area (Å²) in [5, 5.41) is 4.80. The molecule has 4 aromatic heterocycles. The van der Waals surface area contributed by atoms with E-state index in [1.807, 2.05) is 59.0 Å². The Morgan fingerprint density at radius 3 is 1.48 bits per heavy atom. The summed E-state index contributed by atoms with van der Waals surface area (Å²) in [4.78, 5) is 19.2. The van der Waals surface area contributed by atoms with Crippen LogP contribution < -0.4 is 5.56 Å². The Morgan fingerprint density at radius 2 is 0.821 bits per heavy atom. The van der Waals surface area contributed by atoms with Gasteiger partial charge in [0.25, 0.3) is 5.56 Å². The van der Waals surface area contributed by atoms with Crippen LogP contribution >= 0.6 is 0 Å². The first kappa shape index (κ1) is 30.7. The topological polar surface area (TPSA) is 49.2 Å². The number of imidazole rings is 1. The van der Waals surface area contributed by atoms with Gasteiger partial charge >= 0.3 is 0 Å². The predicted molar refractivity (Wildman–Crippen MR) is 230 cm³/mol. The van der Waals surface area contributed by atoms with Crippen molar-refractivity contribution >= 4 is 71.3 Å². The number of aromatic nitrogens is 5. The molecule has 0 unspecified atom stereocenters. The number of hydrogen-bond acceptors (Lipinski definition) is 2. The molecule has 0 bridgehead atoms. The van der Waals surface area contributed by atoms with E-state index in [0.717, 1.165) is 55.7 Å². The van der Waals surface area contributed by atoms with Crippen molar-refractivity contribution in [3.05, 3.63) is 198 Å². The minimum absolute atomic E-state index is 0.159. The molecule has 56 heavy (non-hydrogen) atoms. The number of para-hydroxylation sites is 7. The summed E-state index contributed by atoms with van der Waals surface area (Å²) < 4.78 is 8.45. The smallest absolute Gasteiger partial charge is 0.299 e. The van der Waals surface area contributed by atoms with Gasteiger partial charge in [-0.15, -0.1) is 0 Å². The molecule has 0 N–H and O–H groups in total. The predicted octanol–water partition coefficient (Wildman–Crippen LogP) is 11.7. The maximum Gasteiger partial charge on any atom is 0.299 e. The van der Waals surface area contributed by atoms with Gasteiger partial charge in [0, 0.05) is 32.9 Å². The Morgan fingerprint density at radius 1 is 0.339 bits per heavy atom. The van der Waals surface area contributed by atoms with E-state index in [4.69, 9.17) is 4.98 Å². The van der Waals surface area contributed by atoms with Crippen LogP contribution in [0.15, 0.2) is 193 Å². The molecule has 0 aliphatic heterocycles. The van der Waals surface area contributed by atoms with E-state index in [9.17, 15) is 4.79 Å². The summed E-state index contributed by atoms with van der Waals surface area (Å²) >= 11 is 0. The van der Waals surface area contributed by atoms with Crippen LogP contribution in [0.5, 0.6) is 0 Å². The summed E-state index contributed by atoms with van der Waals surface area (Å²) in [7, 11) is 0. The highest BCUT2D eigenvalue weighted by Gasteiger charge is 2.19. The second-order valence-electron chi connectivity index (χ2n) is 14.4. The van der Waals surface area contributed by atoms with Crippen LogP contribution in [-0.2, 0) is 0 Å². The minimum Gasteiger partial charge on any atom is -0.309 e. The highest BCUT2D eigenvalue weighted by molar-refractivity contribution is 6.12. The van der Waals surface area contributed by atoms with Crippen molar-refractivity contribution in [2.75, 3.05) is 0 Å².